The van der Waals surface area contributed by atoms with E-state index < -0.39 is 0 Å². The molecule has 0 N–H and O–H groups in total. The largest absolute Gasteiger partial charge is 0.491 e. The lowest BCUT2D eigenvalue weighted by Crippen LogP contribution is -2.41. The van der Waals surface area contributed by atoms with Crippen LogP contribution in [-0.4, -0.2) is 30.1 Å². The Morgan fingerprint density at radius 1 is 1.13 bits per heavy atom. The molecule has 1 rings (SSSR count). The number of halogens is 2. The molecular weight excluding hydrogens is 234 g/mol. The van der Waals surface area contributed by atoms with E-state index in [1.54, 1.807) is 0 Å². The van der Waals surface area contributed by atoms with Crippen LogP contribution in [-0.2, 0) is 9.31 Å². The Morgan fingerprint density at radius 3 is 1.93 bits per heavy atom. The molecular formula is C10H17BCl2O2. The van der Waals surface area contributed by atoms with Crippen LogP contribution in [0.1, 0.15) is 27.7 Å². The van der Waals surface area contributed by atoms with Crippen LogP contribution in [0.5, 0.6) is 0 Å². The quantitative estimate of drug-likeness (QED) is 0.567. The molecule has 0 aromatic carbocycles. The minimum atomic E-state index is -0.369. The molecule has 86 valence electrons. The van der Waals surface area contributed by atoms with Crippen LogP contribution in [0.25, 0.3) is 0 Å². The van der Waals surface area contributed by atoms with E-state index in [0.717, 1.165) is 5.47 Å². The smallest absolute Gasteiger partial charge is 0.400 e. The van der Waals surface area contributed by atoms with E-state index in [9.17, 15) is 0 Å². The van der Waals surface area contributed by atoms with Crippen molar-refractivity contribution in [3.05, 3.63) is 11.5 Å². The van der Waals surface area contributed by atoms with E-state index in [4.69, 9.17) is 32.5 Å². The SMILES string of the molecule is CC1(C)OB(C(=CCCl)CCl)OC1(C)C. The maximum Gasteiger partial charge on any atom is 0.491 e. The van der Waals surface area contributed by atoms with Gasteiger partial charge in [-0.05, 0) is 33.2 Å². The van der Waals surface area contributed by atoms with Gasteiger partial charge in [0.1, 0.15) is 0 Å². The number of alkyl halides is 2. The summed E-state index contributed by atoms with van der Waals surface area (Å²) in [5.74, 6) is 0.801. The van der Waals surface area contributed by atoms with Crippen LogP contribution in [0.15, 0.2) is 11.5 Å². The van der Waals surface area contributed by atoms with Crippen molar-refractivity contribution in [1.82, 2.24) is 0 Å². The lowest BCUT2D eigenvalue weighted by atomic mass is 9.79. The Balaban J connectivity index is 2.82. The molecule has 0 aromatic heterocycles. The van der Waals surface area contributed by atoms with Gasteiger partial charge in [-0.3, -0.25) is 0 Å². The summed E-state index contributed by atoms with van der Waals surface area (Å²) < 4.78 is 11.7. The maximum absolute atomic E-state index is 5.84. The average molecular weight is 251 g/mol. The summed E-state index contributed by atoms with van der Waals surface area (Å²) in [4.78, 5) is 0. The van der Waals surface area contributed by atoms with Gasteiger partial charge in [-0.2, -0.15) is 0 Å². The van der Waals surface area contributed by atoms with Crippen LogP contribution in [0.2, 0.25) is 0 Å². The molecule has 0 unspecified atom stereocenters. The monoisotopic (exact) mass is 250 g/mol. The number of allylic oxidation sites excluding steroid dienone is 2. The molecule has 1 saturated heterocycles. The lowest BCUT2D eigenvalue weighted by molar-refractivity contribution is 0.00578. The third-order valence-corrected chi connectivity index (χ3v) is 3.51. The van der Waals surface area contributed by atoms with Crippen molar-refractivity contribution >= 4 is 30.3 Å². The highest BCUT2D eigenvalue weighted by atomic mass is 35.5. The van der Waals surface area contributed by atoms with E-state index in [0.29, 0.717) is 11.8 Å². The lowest BCUT2D eigenvalue weighted by Gasteiger charge is -2.32. The molecule has 1 fully saturated rings. The summed E-state index contributed by atoms with van der Waals surface area (Å²) in [7, 11) is -0.369. The zero-order valence-corrected chi connectivity index (χ0v) is 11.2. The Kier molecular flexibility index (Phi) is 4.16. The van der Waals surface area contributed by atoms with Gasteiger partial charge in [0.2, 0.25) is 0 Å². The first-order valence-corrected chi connectivity index (χ1v) is 6.07. The maximum atomic E-state index is 5.84. The van der Waals surface area contributed by atoms with E-state index in [-0.39, 0.29) is 18.3 Å². The zero-order chi connectivity index (χ0) is 11.7. The molecule has 0 spiro atoms. The molecule has 0 amide bonds. The standard InChI is InChI=1S/C10H17BCl2O2/c1-9(2)10(3,4)15-11(14-9)8(7-13)5-6-12/h5H,6-7H2,1-4H3. The molecule has 0 aliphatic carbocycles. The topological polar surface area (TPSA) is 18.5 Å². The van der Waals surface area contributed by atoms with E-state index in [1.165, 1.54) is 0 Å². The van der Waals surface area contributed by atoms with Gasteiger partial charge in [0.15, 0.2) is 0 Å². The van der Waals surface area contributed by atoms with Crippen LogP contribution in [0.4, 0.5) is 0 Å². The molecule has 1 heterocycles. The first-order chi connectivity index (χ1) is 6.84. The number of hydrogen-bond acceptors (Lipinski definition) is 2. The molecule has 15 heavy (non-hydrogen) atoms. The highest BCUT2D eigenvalue weighted by Gasteiger charge is 2.52. The van der Waals surface area contributed by atoms with Gasteiger partial charge in [-0.1, -0.05) is 6.08 Å². The molecule has 2 nitrogen and oxygen atoms in total. The second kappa shape index (κ2) is 4.66. The van der Waals surface area contributed by atoms with Crippen molar-refractivity contribution in [2.24, 2.45) is 0 Å². The fraction of sp³-hybridized carbons (Fsp3) is 0.800. The van der Waals surface area contributed by atoms with Crippen molar-refractivity contribution < 1.29 is 9.31 Å². The molecule has 0 saturated carbocycles. The van der Waals surface area contributed by atoms with Gasteiger partial charge in [0.25, 0.3) is 0 Å². The van der Waals surface area contributed by atoms with Crippen LogP contribution >= 0.6 is 23.2 Å². The van der Waals surface area contributed by atoms with Crippen LogP contribution < -0.4 is 0 Å². The van der Waals surface area contributed by atoms with Crippen molar-refractivity contribution in [2.75, 3.05) is 11.8 Å². The highest BCUT2D eigenvalue weighted by molar-refractivity contribution is 6.56. The van der Waals surface area contributed by atoms with Crippen molar-refractivity contribution in [2.45, 2.75) is 38.9 Å². The van der Waals surface area contributed by atoms with Crippen LogP contribution in [0.3, 0.4) is 0 Å². The minimum absolute atomic E-state index is 0.324. The molecule has 0 atom stereocenters. The first kappa shape index (κ1) is 13.4. The van der Waals surface area contributed by atoms with Crippen LogP contribution in [0, 0.1) is 0 Å². The molecule has 0 bridgehead atoms. The van der Waals surface area contributed by atoms with E-state index in [2.05, 4.69) is 0 Å². The average Bonchev–Trinajstić information content (AvgIpc) is 2.32. The molecule has 5 heteroatoms. The third kappa shape index (κ3) is 2.70. The minimum Gasteiger partial charge on any atom is -0.400 e. The van der Waals surface area contributed by atoms with E-state index in [1.807, 2.05) is 33.8 Å². The number of hydrogen-bond donors (Lipinski definition) is 0. The Hall–Kier alpha value is 0.305. The van der Waals surface area contributed by atoms with Crippen molar-refractivity contribution in [3.63, 3.8) is 0 Å². The first-order valence-electron chi connectivity index (χ1n) is 5.00. The molecule has 0 radical (unpaired) electrons. The predicted molar refractivity (Wildman–Crippen MR) is 65.6 cm³/mol. The van der Waals surface area contributed by atoms with Crippen molar-refractivity contribution in [3.8, 4) is 0 Å². The number of rotatable bonds is 3. The fourth-order valence-corrected chi connectivity index (χ4v) is 1.74. The van der Waals surface area contributed by atoms with E-state index >= 15 is 0 Å². The predicted octanol–water partition coefficient (Wildman–Crippen LogP) is 3.02. The molecule has 1 aliphatic heterocycles. The summed E-state index contributed by atoms with van der Waals surface area (Å²) in [6.07, 6.45) is 1.84. The summed E-state index contributed by atoms with van der Waals surface area (Å²) >= 11 is 11.5. The zero-order valence-electron chi connectivity index (χ0n) is 9.64. The second-order valence-electron chi connectivity index (χ2n) is 4.66. The highest BCUT2D eigenvalue weighted by Crippen LogP contribution is 2.38. The van der Waals surface area contributed by atoms with Gasteiger partial charge in [-0.15, -0.1) is 23.2 Å². The summed E-state index contributed by atoms with van der Waals surface area (Å²) in [5, 5.41) is 0. The van der Waals surface area contributed by atoms with Gasteiger partial charge in [-0.25, -0.2) is 0 Å². The van der Waals surface area contributed by atoms with Gasteiger partial charge < -0.3 is 9.31 Å². The Labute approximate surface area is 102 Å². The summed E-state index contributed by atoms with van der Waals surface area (Å²) in [6, 6.07) is 0. The van der Waals surface area contributed by atoms with Crippen molar-refractivity contribution in [1.29, 1.82) is 0 Å². The second-order valence-corrected chi connectivity index (χ2v) is 5.23. The summed E-state index contributed by atoms with van der Waals surface area (Å²) in [5.41, 5.74) is 0.245. The summed E-state index contributed by atoms with van der Waals surface area (Å²) in [6.45, 7) is 8.05. The normalized spacial score (nSPS) is 24.7. The third-order valence-electron chi connectivity index (χ3n) is 3.05. The Morgan fingerprint density at radius 2 is 1.60 bits per heavy atom. The van der Waals surface area contributed by atoms with Gasteiger partial charge in [0, 0.05) is 11.8 Å². The van der Waals surface area contributed by atoms with Gasteiger partial charge in [0.05, 0.1) is 11.2 Å². The molecule has 1 aliphatic rings. The van der Waals surface area contributed by atoms with Gasteiger partial charge >= 0.3 is 7.12 Å². The Bertz CT molecular complexity index is 248. The fourth-order valence-electron chi connectivity index (χ4n) is 1.31. The molecule has 0 aromatic rings.